The summed E-state index contributed by atoms with van der Waals surface area (Å²) in [5.41, 5.74) is 1.55. The molecule has 2 aromatic carbocycles. The van der Waals surface area contributed by atoms with Gasteiger partial charge in [-0.3, -0.25) is 19.7 Å². The van der Waals surface area contributed by atoms with Crippen LogP contribution >= 0.6 is 23.4 Å². The average molecular weight is 531 g/mol. The van der Waals surface area contributed by atoms with Gasteiger partial charge in [-0.25, -0.2) is 0 Å². The molecular weight excluding hydrogens is 504 g/mol. The molecule has 0 saturated carbocycles. The molecule has 0 aliphatic carbocycles. The molecule has 0 aliphatic heterocycles. The Labute approximate surface area is 218 Å². The van der Waals surface area contributed by atoms with Gasteiger partial charge >= 0.3 is 0 Å². The first-order valence-corrected chi connectivity index (χ1v) is 12.6. The Morgan fingerprint density at radius 1 is 1.19 bits per heavy atom. The molecular formula is C24H27ClN6O4S. The van der Waals surface area contributed by atoms with Crippen LogP contribution in [0.3, 0.4) is 0 Å². The number of aromatic nitrogens is 3. The van der Waals surface area contributed by atoms with Crippen LogP contribution in [-0.4, -0.2) is 37.3 Å². The molecule has 10 nitrogen and oxygen atoms in total. The van der Waals surface area contributed by atoms with E-state index in [0.717, 1.165) is 5.56 Å². The van der Waals surface area contributed by atoms with E-state index in [4.69, 9.17) is 11.6 Å². The predicted molar refractivity (Wildman–Crippen MR) is 139 cm³/mol. The van der Waals surface area contributed by atoms with Crippen molar-refractivity contribution in [1.82, 2.24) is 20.1 Å². The van der Waals surface area contributed by atoms with Gasteiger partial charge in [-0.1, -0.05) is 49.3 Å². The molecule has 3 aromatic rings. The normalized spacial score (nSPS) is 11.8. The number of hydrogen-bond acceptors (Lipinski definition) is 7. The first-order valence-electron chi connectivity index (χ1n) is 11.3. The van der Waals surface area contributed by atoms with Crippen LogP contribution in [-0.2, 0) is 11.3 Å². The molecule has 1 atom stereocenters. The minimum absolute atomic E-state index is 0.0467. The Bertz CT molecular complexity index is 1280. The van der Waals surface area contributed by atoms with E-state index < -0.39 is 16.9 Å². The van der Waals surface area contributed by atoms with Crippen molar-refractivity contribution in [3.05, 3.63) is 74.6 Å². The lowest BCUT2D eigenvalue weighted by atomic mass is 10.0. The minimum atomic E-state index is -0.544. The lowest BCUT2D eigenvalue weighted by molar-refractivity contribution is -0.384. The van der Waals surface area contributed by atoms with Crippen LogP contribution in [0.4, 0.5) is 11.4 Å². The van der Waals surface area contributed by atoms with E-state index in [9.17, 15) is 19.7 Å². The molecule has 3 rings (SSSR count). The maximum absolute atomic E-state index is 12.9. The molecule has 0 aliphatic rings. The van der Waals surface area contributed by atoms with E-state index in [1.165, 1.54) is 36.0 Å². The van der Waals surface area contributed by atoms with Crippen molar-refractivity contribution >= 4 is 46.6 Å². The minimum Gasteiger partial charge on any atom is -0.342 e. The van der Waals surface area contributed by atoms with Crippen LogP contribution in [0, 0.1) is 23.0 Å². The Kier molecular flexibility index (Phi) is 9.05. The number of thioether (sulfide) groups is 1. The van der Waals surface area contributed by atoms with Crippen LogP contribution in [0.2, 0.25) is 5.02 Å². The number of amides is 2. The topological polar surface area (TPSA) is 132 Å². The SMILES string of the molecule is CCn1c(SCC(=O)Nc2ccc(C)c(Cl)c2)nnc1[C@@H](NC(=O)c1cccc([N+](=O)[O-])c1)C(C)C. The number of benzene rings is 2. The van der Waals surface area contributed by atoms with Gasteiger partial charge < -0.3 is 15.2 Å². The largest absolute Gasteiger partial charge is 0.342 e. The molecule has 2 N–H and O–H groups in total. The summed E-state index contributed by atoms with van der Waals surface area (Å²) in [4.78, 5) is 35.9. The number of hydrogen-bond donors (Lipinski definition) is 2. The van der Waals surface area contributed by atoms with Crippen molar-refractivity contribution in [3.8, 4) is 0 Å². The summed E-state index contributed by atoms with van der Waals surface area (Å²) in [6.45, 7) is 8.19. The predicted octanol–water partition coefficient (Wildman–Crippen LogP) is 5.03. The van der Waals surface area contributed by atoms with Gasteiger partial charge in [-0.2, -0.15) is 0 Å². The molecule has 0 radical (unpaired) electrons. The number of rotatable bonds is 10. The van der Waals surface area contributed by atoms with Gasteiger partial charge in [0.25, 0.3) is 11.6 Å². The third-order valence-electron chi connectivity index (χ3n) is 5.40. The lowest BCUT2D eigenvalue weighted by Crippen LogP contribution is -2.33. The molecule has 0 unspecified atom stereocenters. The second-order valence-corrected chi connectivity index (χ2v) is 9.74. The monoisotopic (exact) mass is 530 g/mol. The molecule has 0 spiro atoms. The molecule has 1 aromatic heterocycles. The fourth-order valence-electron chi connectivity index (χ4n) is 3.45. The summed E-state index contributed by atoms with van der Waals surface area (Å²) in [5.74, 6) is -0.0651. The van der Waals surface area contributed by atoms with Gasteiger partial charge in [0.2, 0.25) is 5.91 Å². The number of anilines is 1. The van der Waals surface area contributed by atoms with Crippen molar-refractivity contribution in [2.24, 2.45) is 5.92 Å². The number of carbonyl (C=O) groups excluding carboxylic acids is 2. The smallest absolute Gasteiger partial charge is 0.270 e. The summed E-state index contributed by atoms with van der Waals surface area (Å²) < 4.78 is 1.85. The average Bonchev–Trinajstić information content (AvgIpc) is 3.25. The third-order valence-corrected chi connectivity index (χ3v) is 6.77. The zero-order chi connectivity index (χ0) is 26.4. The zero-order valence-corrected chi connectivity index (χ0v) is 21.9. The molecule has 190 valence electrons. The Morgan fingerprint density at radius 2 is 1.94 bits per heavy atom. The summed E-state index contributed by atoms with van der Waals surface area (Å²) in [6, 6.07) is 10.4. The van der Waals surface area contributed by atoms with Gasteiger partial charge in [-0.15, -0.1) is 10.2 Å². The number of nitro benzene ring substituents is 1. The maximum atomic E-state index is 12.9. The number of non-ortho nitro benzene ring substituents is 1. The summed E-state index contributed by atoms with van der Waals surface area (Å²) >= 11 is 7.36. The van der Waals surface area contributed by atoms with Crippen molar-refractivity contribution in [1.29, 1.82) is 0 Å². The van der Waals surface area contributed by atoms with Crippen LogP contribution in [0.25, 0.3) is 0 Å². The van der Waals surface area contributed by atoms with Crippen molar-refractivity contribution in [2.45, 2.75) is 45.4 Å². The Balaban J connectivity index is 1.72. The highest BCUT2D eigenvalue weighted by atomic mass is 35.5. The van der Waals surface area contributed by atoms with Gasteiger partial charge in [-0.05, 0) is 43.5 Å². The van der Waals surface area contributed by atoms with Crippen LogP contribution in [0.15, 0.2) is 47.6 Å². The third kappa shape index (κ3) is 6.61. The van der Waals surface area contributed by atoms with E-state index in [0.29, 0.717) is 28.2 Å². The number of nitrogens with one attached hydrogen (secondary N) is 2. The standard InChI is InChI=1S/C24H27ClN6O4S/c1-5-30-22(21(14(2)3)27-23(33)16-7-6-8-18(11-16)31(34)35)28-29-24(30)36-13-20(32)26-17-10-9-15(4)19(25)12-17/h6-12,14,21H,5,13H2,1-4H3,(H,26,32)(H,27,33)/t21-/m0/s1. The molecule has 2 amide bonds. The van der Waals surface area contributed by atoms with Gasteiger partial charge in [0.05, 0.1) is 16.7 Å². The molecule has 12 heteroatoms. The second-order valence-electron chi connectivity index (χ2n) is 8.39. The lowest BCUT2D eigenvalue weighted by Gasteiger charge is -2.22. The number of nitro groups is 1. The summed E-state index contributed by atoms with van der Waals surface area (Å²) in [6.07, 6.45) is 0. The molecule has 0 saturated heterocycles. The highest BCUT2D eigenvalue weighted by Gasteiger charge is 2.26. The number of carbonyl (C=O) groups is 2. The molecule has 0 bridgehead atoms. The fourth-order valence-corrected chi connectivity index (χ4v) is 4.44. The molecule has 36 heavy (non-hydrogen) atoms. The van der Waals surface area contributed by atoms with Crippen molar-refractivity contribution in [2.75, 3.05) is 11.1 Å². The number of aryl methyl sites for hydroxylation is 1. The van der Waals surface area contributed by atoms with Crippen LogP contribution in [0.1, 0.15) is 48.6 Å². The van der Waals surface area contributed by atoms with E-state index in [1.54, 1.807) is 12.1 Å². The molecule has 1 heterocycles. The Hall–Kier alpha value is -3.44. The summed E-state index contributed by atoms with van der Waals surface area (Å²) in [5, 5.41) is 26.5. The van der Waals surface area contributed by atoms with Crippen LogP contribution < -0.4 is 10.6 Å². The van der Waals surface area contributed by atoms with E-state index >= 15 is 0 Å². The number of nitrogens with zero attached hydrogens (tertiary/aromatic N) is 4. The quantitative estimate of drug-likeness (QED) is 0.213. The second kappa shape index (κ2) is 12.0. The fraction of sp³-hybridized carbons (Fsp3) is 0.333. The van der Waals surface area contributed by atoms with Gasteiger partial charge in [0, 0.05) is 35.0 Å². The van der Waals surface area contributed by atoms with E-state index in [-0.39, 0.29) is 28.8 Å². The first kappa shape index (κ1) is 27.2. The van der Waals surface area contributed by atoms with E-state index in [2.05, 4.69) is 20.8 Å². The van der Waals surface area contributed by atoms with Gasteiger partial charge in [0.15, 0.2) is 11.0 Å². The maximum Gasteiger partial charge on any atom is 0.270 e. The van der Waals surface area contributed by atoms with Crippen molar-refractivity contribution < 1.29 is 14.5 Å². The highest BCUT2D eigenvalue weighted by molar-refractivity contribution is 7.99. The molecule has 0 fully saturated rings. The zero-order valence-electron chi connectivity index (χ0n) is 20.3. The van der Waals surface area contributed by atoms with Gasteiger partial charge in [0.1, 0.15) is 0 Å². The van der Waals surface area contributed by atoms with Crippen LogP contribution in [0.5, 0.6) is 0 Å². The highest BCUT2D eigenvalue weighted by Crippen LogP contribution is 2.26. The van der Waals surface area contributed by atoms with E-state index in [1.807, 2.05) is 38.3 Å². The first-order chi connectivity index (χ1) is 17.1. The summed E-state index contributed by atoms with van der Waals surface area (Å²) in [7, 11) is 0. The Morgan fingerprint density at radius 3 is 2.58 bits per heavy atom. The number of halogens is 1. The van der Waals surface area contributed by atoms with Crippen molar-refractivity contribution in [3.63, 3.8) is 0 Å².